The number of rotatable bonds is 3. The summed E-state index contributed by atoms with van der Waals surface area (Å²) in [7, 11) is 1.53. The molecule has 1 aromatic heterocycles. The first-order chi connectivity index (χ1) is 9.52. The number of carboxylic acid groups (broad SMARTS) is 1. The van der Waals surface area contributed by atoms with Crippen molar-refractivity contribution in [2.24, 2.45) is 0 Å². The number of hydrogen-bond acceptors (Lipinski definition) is 3. The zero-order valence-electron chi connectivity index (χ0n) is 11.3. The molecule has 0 amide bonds. The molecule has 0 bridgehead atoms. The fourth-order valence-corrected chi connectivity index (χ4v) is 2.58. The van der Waals surface area contributed by atoms with Crippen molar-refractivity contribution in [3.05, 3.63) is 39.7 Å². The van der Waals surface area contributed by atoms with Gasteiger partial charge in [-0.15, -0.1) is 0 Å². The van der Waals surface area contributed by atoms with Gasteiger partial charge in [-0.3, -0.25) is 4.79 Å². The average Bonchev–Trinajstić information content (AvgIpc) is 3.23. The summed E-state index contributed by atoms with van der Waals surface area (Å²) < 4.78 is 7.10. The van der Waals surface area contributed by atoms with E-state index in [-0.39, 0.29) is 5.56 Å². The number of carboxylic acids is 1. The first-order valence-electron chi connectivity index (χ1n) is 6.49. The van der Waals surface area contributed by atoms with E-state index < -0.39 is 11.4 Å². The number of aromatic nitrogens is 1. The van der Waals surface area contributed by atoms with Gasteiger partial charge in [-0.25, -0.2) is 4.79 Å². The van der Waals surface area contributed by atoms with E-state index >= 15 is 0 Å². The molecule has 104 valence electrons. The maximum Gasteiger partial charge on any atom is 0.341 e. The van der Waals surface area contributed by atoms with Crippen molar-refractivity contribution < 1.29 is 14.6 Å². The second-order valence-electron chi connectivity index (χ2n) is 5.16. The third-order valence-electron chi connectivity index (χ3n) is 3.70. The molecule has 5 heteroatoms. The van der Waals surface area contributed by atoms with Gasteiger partial charge in [0.2, 0.25) is 5.43 Å². The van der Waals surface area contributed by atoms with Crippen LogP contribution in [0, 0.1) is 6.92 Å². The lowest BCUT2D eigenvalue weighted by Crippen LogP contribution is -2.19. The van der Waals surface area contributed by atoms with Crippen molar-refractivity contribution in [2.45, 2.75) is 25.8 Å². The topological polar surface area (TPSA) is 68.5 Å². The van der Waals surface area contributed by atoms with Crippen molar-refractivity contribution >= 4 is 16.9 Å². The summed E-state index contributed by atoms with van der Waals surface area (Å²) in [5.41, 5.74) is 1.09. The van der Waals surface area contributed by atoms with Gasteiger partial charge in [0.25, 0.3) is 0 Å². The number of ether oxygens (including phenoxy) is 1. The smallest absolute Gasteiger partial charge is 0.341 e. The van der Waals surface area contributed by atoms with Gasteiger partial charge in [0.15, 0.2) is 0 Å². The highest BCUT2D eigenvalue weighted by Gasteiger charge is 2.27. The summed E-state index contributed by atoms with van der Waals surface area (Å²) in [6.07, 6.45) is 3.51. The van der Waals surface area contributed by atoms with E-state index in [0.29, 0.717) is 17.2 Å². The normalized spacial score (nSPS) is 14.5. The SMILES string of the molecule is COc1cc(C)c2c(c1)c(=O)c(C(=O)O)cn2C1CC1. The summed E-state index contributed by atoms with van der Waals surface area (Å²) in [6.45, 7) is 1.91. The van der Waals surface area contributed by atoms with Crippen LogP contribution in [0.1, 0.15) is 34.8 Å². The van der Waals surface area contributed by atoms with Gasteiger partial charge in [-0.1, -0.05) is 0 Å². The third kappa shape index (κ3) is 1.86. The van der Waals surface area contributed by atoms with Gasteiger partial charge in [0.1, 0.15) is 11.3 Å². The second-order valence-corrected chi connectivity index (χ2v) is 5.16. The summed E-state index contributed by atoms with van der Waals surface area (Å²) in [4.78, 5) is 23.6. The number of aryl methyl sites for hydroxylation is 1. The molecule has 1 aliphatic rings. The first kappa shape index (κ1) is 12.7. The molecule has 20 heavy (non-hydrogen) atoms. The summed E-state index contributed by atoms with van der Waals surface area (Å²) in [5.74, 6) is -0.622. The molecule has 2 aromatic rings. The standard InChI is InChI=1S/C15H15NO4/c1-8-5-10(20-2)6-11-13(8)16(9-3-4-9)7-12(14(11)17)15(18)19/h5-7,9H,3-4H2,1-2H3,(H,18,19). The molecule has 1 heterocycles. The van der Waals surface area contributed by atoms with Crippen LogP contribution in [-0.2, 0) is 0 Å². The Balaban J connectivity index is 2.45. The largest absolute Gasteiger partial charge is 0.497 e. The van der Waals surface area contributed by atoms with Crippen LogP contribution < -0.4 is 10.2 Å². The highest BCUT2D eigenvalue weighted by atomic mass is 16.5. The molecule has 0 aliphatic heterocycles. The van der Waals surface area contributed by atoms with Crippen molar-refractivity contribution in [1.29, 1.82) is 0 Å². The lowest BCUT2D eigenvalue weighted by molar-refractivity contribution is 0.0695. The molecule has 0 radical (unpaired) electrons. The number of benzene rings is 1. The van der Waals surface area contributed by atoms with Gasteiger partial charge in [0, 0.05) is 12.2 Å². The van der Waals surface area contributed by atoms with E-state index in [0.717, 1.165) is 23.9 Å². The predicted octanol–water partition coefficient (Wildman–Crippen LogP) is 2.35. The number of hydrogen-bond donors (Lipinski definition) is 1. The monoisotopic (exact) mass is 273 g/mol. The summed E-state index contributed by atoms with van der Waals surface area (Å²) >= 11 is 0. The molecule has 0 saturated heterocycles. The molecule has 0 unspecified atom stereocenters. The van der Waals surface area contributed by atoms with Gasteiger partial charge in [-0.05, 0) is 37.5 Å². The minimum absolute atomic E-state index is 0.183. The Kier molecular flexibility index (Phi) is 2.78. The number of aromatic carboxylic acids is 1. The van der Waals surface area contributed by atoms with Crippen LogP contribution in [0.2, 0.25) is 0 Å². The zero-order valence-corrected chi connectivity index (χ0v) is 11.3. The van der Waals surface area contributed by atoms with Crippen LogP contribution in [0.3, 0.4) is 0 Å². The Morgan fingerprint density at radius 3 is 2.65 bits per heavy atom. The van der Waals surface area contributed by atoms with Crippen LogP contribution in [0.4, 0.5) is 0 Å². The summed E-state index contributed by atoms with van der Waals surface area (Å²) in [5, 5.41) is 9.61. The lowest BCUT2D eigenvalue weighted by atomic mass is 10.1. The number of nitrogens with zero attached hydrogens (tertiary/aromatic N) is 1. The van der Waals surface area contributed by atoms with Gasteiger partial charge in [-0.2, -0.15) is 0 Å². The van der Waals surface area contributed by atoms with Crippen LogP contribution in [0.15, 0.2) is 23.1 Å². The number of fused-ring (bicyclic) bond motifs is 1. The highest BCUT2D eigenvalue weighted by Crippen LogP contribution is 2.38. The van der Waals surface area contributed by atoms with Gasteiger partial charge in [0.05, 0.1) is 18.0 Å². The minimum Gasteiger partial charge on any atom is -0.497 e. The fourth-order valence-electron chi connectivity index (χ4n) is 2.58. The Bertz CT molecular complexity index is 772. The van der Waals surface area contributed by atoms with E-state index in [1.165, 1.54) is 13.3 Å². The molecule has 5 nitrogen and oxygen atoms in total. The van der Waals surface area contributed by atoms with Gasteiger partial charge >= 0.3 is 5.97 Å². The number of methoxy groups -OCH3 is 1. The van der Waals surface area contributed by atoms with Crippen molar-refractivity contribution in [2.75, 3.05) is 7.11 Å². The van der Waals surface area contributed by atoms with Crippen LogP contribution in [-0.4, -0.2) is 22.8 Å². The van der Waals surface area contributed by atoms with Crippen LogP contribution in [0.25, 0.3) is 10.9 Å². The van der Waals surface area contributed by atoms with Crippen molar-refractivity contribution in [3.8, 4) is 5.75 Å². The Labute approximate surface area is 115 Å². The van der Waals surface area contributed by atoms with E-state index in [2.05, 4.69) is 0 Å². The van der Waals surface area contributed by atoms with Crippen molar-refractivity contribution in [1.82, 2.24) is 4.57 Å². The maximum absolute atomic E-state index is 12.3. The average molecular weight is 273 g/mol. The number of carbonyl (C=O) groups is 1. The molecular formula is C15H15NO4. The van der Waals surface area contributed by atoms with Crippen LogP contribution >= 0.6 is 0 Å². The quantitative estimate of drug-likeness (QED) is 0.932. The highest BCUT2D eigenvalue weighted by molar-refractivity contribution is 5.94. The van der Waals surface area contributed by atoms with Crippen LogP contribution in [0.5, 0.6) is 5.75 Å². The fraction of sp³-hybridized carbons (Fsp3) is 0.333. The maximum atomic E-state index is 12.3. The van der Waals surface area contributed by atoms with Crippen molar-refractivity contribution in [3.63, 3.8) is 0 Å². The third-order valence-corrected chi connectivity index (χ3v) is 3.70. The minimum atomic E-state index is -1.19. The molecule has 1 aliphatic carbocycles. The zero-order chi connectivity index (χ0) is 14.4. The molecule has 1 fully saturated rings. The molecule has 3 rings (SSSR count). The molecular weight excluding hydrogens is 258 g/mol. The molecule has 1 saturated carbocycles. The second kappa shape index (κ2) is 4.37. The Morgan fingerprint density at radius 2 is 2.10 bits per heavy atom. The van der Waals surface area contributed by atoms with E-state index in [1.54, 1.807) is 6.07 Å². The van der Waals surface area contributed by atoms with E-state index in [1.807, 2.05) is 17.6 Å². The van der Waals surface area contributed by atoms with Gasteiger partial charge < -0.3 is 14.4 Å². The lowest BCUT2D eigenvalue weighted by Gasteiger charge is -2.14. The molecule has 0 spiro atoms. The predicted molar refractivity (Wildman–Crippen MR) is 74.7 cm³/mol. The first-order valence-corrected chi connectivity index (χ1v) is 6.49. The summed E-state index contributed by atoms with van der Waals surface area (Å²) in [6, 6.07) is 3.78. The Hall–Kier alpha value is -2.30. The van der Waals surface area contributed by atoms with E-state index in [4.69, 9.17) is 4.74 Å². The number of pyridine rings is 1. The van der Waals surface area contributed by atoms with E-state index in [9.17, 15) is 14.7 Å². The molecule has 1 aromatic carbocycles. The molecule has 1 N–H and O–H groups in total. The Morgan fingerprint density at radius 1 is 1.40 bits per heavy atom. The molecule has 0 atom stereocenters.